The van der Waals surface area contributed by atoms with E-state index in [0.29, 0.717) is 6.42 Å². The number of aliphatic hydroxyl groups excluding tert-OH is 3. The molecule has 0 spiro atoms. The third kappa shape index (κ3) is 8.31. The third-order valence-electron chi connectivity index (χ3n) is 4.48. The Hall–Kier alpha value is -2.28. The number of carboxylic acids is 1. The molecule has 0 saturated heterocycles. The zero-order valence-electron chi connectivity index (χ0n) is 17.0. The van der Waals surface area contributed by atoms with Crippen LogP contribution in [0.15, 0.2) is 0 Å². The molecule has 3 amide bonds. The van der Waals surface area contributed by atoms with Crippen LogP contribution in [0.2, 0.25) is 0 Å². The van der Waals surface area contributed by atoms with E-state index < -0.39 is 66.7 Å². The second kappa shape index (κ2) is 12.3. The van der Waals surface area contributed by atoms with Crippen molar-refractivity contribution in [2.75, 3.05) is 6.61 Å². The molecule has 0 rings (SSSR count). The topological polar surface area (TPSA) is 211 Å². The molecular weight excluding hydrogens is 388 g/mol. The second-order valence-corrected chi connectivity index (χ2v) is 6.95. The van der Waals surface area contributed by atoms with Crippen molar-refractivity contribution in [3.8, 4) is 0 Å². The number of nitrogens with two attached hydrogens (primary N) is 1. The Balaban J connectivity index is 5.41. The highest BCUT2D eigenvalue weighted by molar-refractivity contribution is 5.94. The number of amides is 3. The summed E-state index contributed by atoms with van der Waals surface area (Å²) in [6, 6.07) is -5.55. The first kappa shape index (κ1) is 26.7. The lowest BCUT2D eigenvalue weighted by molar-refractivity contribution is -0.144. The van der Waals surface area contributed by atoms with Gasteiger partial charge in [0.15, 0.2) is 0 Å². The molecule has 168 valence electrons. The average Bonchev–Trinajstić information content (AvgIpc) is 2.65. The molecular formula is C17H32N4O8. The Bertz CT molecular complexity index is 584. The van der Waals surface area contributed by atoms with Crippen LogP contribution < -0.4 is 21.7 Å². The maximum absolute atomic E-state index is 12.7. The molecule has 0 fully saturated rings. The largest absolute Gasteiger partial charge is 0.480 e. The van der Waals surface area contributed by atoms with Crippen molar-refractivity contribution in [3.05, 3.63) is 0 Å². The van der Waals surface area contributed by atoms with Crippen LogP contribution in [0.1, 0.15) is 34.1 Å². The first-order valence-corrected chi connectivity index (χ1v) is 9.23. The molecule has 0 bridgehead atoms. The van der Waals surface area contributed by atoms with Gasteiger partial charge in [-0.15, -0.1) is 0 Å². The standard InChI is InChI=1S/C17H32N4O8/c1-5-7(2)12(20-14(25)11(18)8(3)23)15(26)21-13(9(4)24)16(27)19-10(6-22)17(28)29/h7-13,22-24H,5-6,18H2,1-4H3,(H,19,27)(H,20,25)(H,21,26)(H,28,29)/t7-,8+,9+,10-,11-,12-,13-/m0/s1. The molecule has 0 aromatic rings. The Morgan fingerprint density at radius 3 is 1.72 bits per heavy atom. The van der Waals surface area contributed by atoms with E-state index in [1.807, 2.05) is 5.32 Å². The fourth-order valence-electron chi connectivity index (χ4n) is 2.27. The lowest BCUT2D eigenvalue weighted by atomic mass is 9.97. The lowest BCUT2D eigenvalue weighted by Gasteiger charge is -2.29. The number of hydrogen-bond donors (Lipinski definition) is 8. The van der Waals surface area contributed by atoms with Gasteiger partial charge < -0.3 is 42.1 Å². The molecule has 0 aromatic heterocycles. The molecule has 0 saturated carbocycles. The van der Waals surface area contributed by atoms with Crippen LogP contribution in [0.5, 0.6) is 0 Å². The summed E-state index contributed by atoms with van der Waals surface area (Å²) in [6.45, 7) is 5.07. The van der Waals surface area contributed by atoms with Gasteiger partial charge in [0.1, 0.15) is 24.2 Å². The van der Waals surface area contributed by atoms with Gasteiger partial charge in [-0.25, -0.2) is 4.79 Å². The van der Waals surface area contributed by atoms with Crippen LogP contribution >= 0.6 is 0 Å². The van der Waals surface area contributed by atoms with Crippen molar-refractivity contribution in [2.24, 2.45) is 11.7 Å². The summed E-state index contributed by atoms with van der Waals surface area (Å²) in [5.41, 5.74) is 5.57. The summed E-state index contributed by atoms with van der Waals surface area (Å²) in [5, 5.41) is 43.9. The van der Waals surface area contributed by atoms with Crippen molar-refractivity contribution in [1.29, 1.82) is 0 Å². The Kier molecular flexibility index (Phi) is 11.3. The number of rotatable bonds is 12. The minimum absolute atomic E-state index is 0.387. The number of carbonyl (C=O) groups is 4. The van der Waals surface area contributed by atoms with Crippen molar-refractivity contribution >= 4 is 23.7 Å². The van der Waals surface area contributed by atoms with Crippen LogP contribution in [0, 0.1) is 5.92 Å². The highest BCUT2D eigenvalue weighted by Crippen LogP contribution is 2.10. The number of carbonyl (C=O) groups excluding carboxylic acids is 3. The minimum atomic E-state index is -1.62. The van der Waals surface area contributed by atoms with E-state index in [9.17, 15) is 29.4 Å². The summed E-state index contributed by atoms with van der Waals surface area (Å²) < 4.78 is 0. The van der Waals surface area contributed by atoms with E-state index in [1.165, 1.54) is 13.8 Å². The van der Waals surface area contributed by atoms with Gasteiger partial charge in [0, 0.05) is 0 Å². The van der Waals surface area contributed by atoms with Gasteiger partial charge in [0.25, 0.3) is 0 Å². The molecule has 0 aliphatic rings. The Morgan fingerprint density at radius 2 is 1.34 bits per heavy atom. The monoisotopic (exact) mass is 420 g/mol. The van der Waals surface area contributed by atoms with E-state index in [4.69, 9.17) is 15.9 Å². The van der Waals surface area contributed by atoms with Crippen molar-refractivity contribution in [2.45, 2.75) is 70.5 Å². The van der Waals surface area contributed by atoms with Crippen molar-refractivity contribution in [3.63, 3.8) is 0 Å². The zero-order valence-corrected chi connectivity index (χ0v) is 17.0. The van der Waals surface area contributed by atoms with Gasteiger partial charge in [-0.05, 0) is 19.8 Å². The third-order valence-corrected chi connectivity index (χ3v) is 4.48. The van der Waals surface area contributed by atoms with Gasteiger partial charge in [-0.1, -0.05) is 20.3 Å². The van der Waals surface area contributed by atoms with Crippen LogP contribution in [-0.2, 0) is 19.2 Å². The molecule has 29 heavy (non-hydrogen) atoms. The summed E-state index contributed by atoms with van der Waals surface area (Å²) in [5.74, 6) is -4.48. The first-order chi connectivity index (χ1) is 13.4. The van der Waals surface area contributed by atoms with Gasteiger partial charge in [-0.2, -0.15) is 0 Å². The molecule has 0 aliphatic heterocycles. The highest BCUT2D eigenvalue weighted by atomic mass is 16.4. The predicted octanol–water partition coefficient (Wildman–Crippen LogP) is -3.35. The van der Waals surface area contributed by atoms with E-state index in [-0.39, 0.29) is 5.92 Å². The number of carboxylic acid groups (broad SMARTS) is 1. The van der Waals surface area contributed by atoms with Crippen LogP contribution in [0.25, 0.3) is 0 Å². The van der Waals surface area contributed by atoms with Gasteiger partial charge in [-0.3, -0.25) is 14.4 Å². The Morgan fingerprint density at radius 1 is 0.862 bits per heavy atom. The molecule has 0 aromatic carbocycles. The van der Waals surface area contributed by atoms with Gasteiger partial charge in [0.2, 0.25) is 17.7 Å². The molecule has 0 unspecified atom stereocenters. The quantitative estimate of drug-likeness (QED) is 0.158. The molecule has 7 atom stereocenters. The van der Waals surface area contributed by atoms with Crippen LogP contribution in [0.4, 0.5) is 0 Å². The van der Waals surface area contributed by atoms with Crippen LogP contribution in [0.3, 0.4) is 0 Å². The summed E-state index contributed by atoms with van der Waals surface area (Å²) in [4.78, 5) is 48.1. The fraction of sp³-hybridized carbons (Fsp3) is 0.765. The number of aliphatic hydroxyl groups is 3. The fourth-order valence-corrected chi connectivity index (χ4v) is 2.27. The normalized spacial score (nSPS) is 18.3. The van der Waals surface area contributed by atoms with E-state index in [0.717, 1.165) is 0 Å². The van der Waals surface area contributed by atoms with Crippen molar-refractivity contribution < 1.29 is 39.6 Å². The first-order valence-electron chi connectivity index (χ1n) is 9.23. The number of hydrogen-bond acceptors (Lipinski definition) is 8. The maximum atomic E-state index is 12.7. The van der Waals surface area contributed by atoms with Crippen LogP contribution in [-0.4, -0.2) is 87.1 Å². The summed E-state index contributed by atoms with van der Waals surface area (Å²) in [7, 11) is 0. The number of aliphatic carboxylic acids is 1. The molecule has 12 heteroatoms. The SMILES string of the molecule is CC[C@H](C)[C@H](NC(=O)[C@@H](N)[C@@H](C)O)C(=O)N[C@H](C(=O)N[C@@H](CO)C(=O)O)[C@@H](C)O. The van der Waals surface area contributed by atoms with E-state index in [1.54, 1.807) is 13.8 Å². The zero-order chi connectivity index (χ0) is 22.9. The van der Waals surface area contributed by atoms with Gasteiger partial charge >= 0.3 is 5.97 Å². The summed E-state index contributed by atoms with van der Waals surface area (Å²) >= 11 is 0. The predicted molar refractivity (Wildman–Crippen MR) is 101 cm³/mol. The molecule has 0 aliphatic carbocycles. The molecule has 0 radical (unpaired) electrons. The maximum Gasteiger partial charge on any atom is 0.328 e. The van der Waals surface area contributed by atoms with Gasteiger partial charge in [0.05, 0.1) is 18.8 Å². The lowest BCUT2D eigenvalue weighted by Crippen LogP contribution is -2.61. The highest BCUT2D eigenvalue weighted by Gasteiger charge is 2.34. The van der Waals surface area contributed by atoms with E-state index >= 15 is 0 Å². The second-order valence-electron chi connectivity index (χ2n) is 6.95. The smallest absolute Gasteiger partial charge is 0.328 e. The molecule has 9 N–H and O–H groups in total. The van der Waals surface area contributed by atoms with E-state index in [2.05, 4.69) is 10.6 Å². The summed E-state index contributed by atoms with van der Waals surface area (Å²) in [6.07, 6.45) is -2.09. The number of nitrogens with one attached hydrogen (secondary N) is 3. The molecule has 12 nitrogen and oxygen atoms in total. The van der Waals surface area contributed by atoms with Crippen molar-refractivity contribution in [1.82, 2.24) is 16.0 Å². The Labute approximate surface area is 168 Å². The molecule has 0 heterocycles. The average molecular weight is 420 g/mol. The minimum Gasteiger partial charge on any atom is -0.480 e.